The first-order valence-corrected chi connectivity index (χ1v) is 5.54. The molecule has 16 heavy (non-hydrogen) atoms. The van der Waals surface area contributed by atoms with Gasteiger partial charge in [-0.05, 0) is 17.7 Å². The second-order valence-electron chi connectivity index (χ2n) is 4.29. The van der Waals surface area contributed by atoms with Gasteiger partial charge < -0.3 is 10.1 Å². The van der Waals surface area contributed by atoms with E-state index in [0.29, 0.717) is 5.92 Å². The maximum absolute atomic E-state index is 5.90. The van der Waals surface area contributed by atoms with Gasteiger partial charge in [0, 0.05) is 11.3 Å². The molecule has 2 heteroatoms. The summed E-state index contributed by atoms with van der Waals surface area (Å²) >= 11 is 0. The number of fused-ring (bicyclic) bond motifs is 5. The van der Waals surface area contributed by atoms with Gasteiger partial charge in [0.05, 0.1) is 5.92 Å². The number of hydrogen-bond acceptors (Lipinski definition) is 2. The van der Waals surface area contributed by atoms with Crippen molar-refractivity contribution in [1.29, 1.82) is 0 Å². The van der Waals surface area contributed by atoms with Crippen molar-refractivity contribution in [2.75, 3.05) is 5.32 Å². The number of nitrogens with one attached hydrogen (secondary N) is 1. The molecular formula is C14H11NO. The molecule has 0 amide bonds. The lowest BCUT2D eigenvalue weighted by Crippen LogP contribution is -2.21. The van der Waals surface area contributed by atoms with E-state index in [2.05, 4.69) is 41.7 Å². The summed E-state index contributed by atoms with van der Waals surface area (Å²) in [6.45, 7) is 0. The molecule has 0 saturated heterocycles. The normalized spacial score (nSPS) is 24.0. The Morgan fingerprint density at radius 3 is 2.56 bits per heavy atom. The Kier molecular flexibility index (Phi) is 1.43. The van der Waals surface area contributed by atoms with E-state index in [9.17, 15) is 0 Å². The number of ether oxygens (including phenoxy) is 1. The minimum Gasteiger partial charge on any atom is -0.469 e. The van der Waals surface area contributed by atoms with E-state index >= 15 is 0 Å². The molecule has 2 unspecified atom stereocenters. The predicted octanol–water partition coefficient (Wildman–Crippen LogP) is 2.96. The molecule has 2 aliphatic heterocycles. The zero-order valence-corrected chi connectivity index (χ0v) is 8.68. The van der Waals surface area contributed by atoms with Gasteiger partial charge in [-0.2, -0.15) is 0 Å². The van der Waals surface area contributed by atoms with Crippen molar-refractivity contribution in [2.45, 2.75) is 12.1 Å². The number of anilines is 1. The molecule has 2 aromatic carbocycles. The van der Waals surface area contributed by atoms with Crippen LogP contribution in [0.4, 0.5) is 5.69 Å². The molecule has 2 nitrogen and oxygen atoms in total. The third-order valence-electron chi connectivity index (χ3n) is 3.40. The van der Waals surface area contributed by atoms with Crippen LogP contribution in [-0.2, 0) is 0 Å². The second-order valence-corrected chi connectivity index (χ2v) is 4.29. The molecule has 0 aromatic heterocycles. The molecule has 2 atom stereocenters. The van der Waals surface area contributed by atoms with Crippen molar-refractivity contribution >= 4 is 5.69 Å². The first-order valence-electron chi connectivity index (χ1n) is 5.54. The van der Waals surface area contributed by atoms with Crippen LogP contribution in [-0.4, -0.2) is 6.23 Å². The largest absolute Gasteiger partial charge is 0.469 e. The maximum atomic E-state index is 5.90. The van der Waals surface area contributed by atoms with E-state index in [1.54, 1.807) is 0 Å². The maximum Gasteiger partial charge on any atom is 0.181 e. The van der Waals surface area contributed by atoms with Crippen molar-refractivity contribution < 1.29 is 4.74 Å². The van der Waals surface area contributed by atoms with Crippen molar-refractivity contribution in [3.8, 4) is 5.75 Å². The quantitative estimate of drug-likeness (QED) is 0.720. The average Bonchev–Trinajstić information content (AvgIpc) is 2.83. The summed E-state index contributed by atoms with van der Waals surface area (Å²) in [5.41, 5.74) is 3.84. The highest BCUT2D eigenvalue weighted by Crippen LogP contribution is 2.48. The third kappa shape index (κ3) is 0.915. The first-order chi connectivity index (χ1) is 7.93. The highest BCUT2D eigenvalue weighted by Gasteiger charge is 2.41. The Morgan fingerprint density at radius 1 is 0.875 bits per heavy atom. The van der Waals surface area contributed by atoms with Gasteiger partial charge in [0.1, 0.15) is 5.75 Å². The molecule has 0 bridgehead atoms. The molecule has 4 rings (SSSR count). The van der Waals surface area contributed by atoms with E-state index in [4.69, 9.17) is 4.74 Å². The molecule has 2 aromatic rings. The average molecular weight is 209 g/mol. The molecule has 0 radical (unpaired) electrons. The summed E-state index contributed by atoms with van der Waals surface area (Å²) in [6.07, 6.45) is 0.0785. The summed E-state index contributed by atoms with van der Waals surface area (Å²) in [7, 11) is 0. The van der Waals surface area contributed by atoms with E-state index < -0.39 is 0 Å². The lowest BCUT2D eigenvalue weighted by atomic mass is 9.93. The highest BCUT2D eigenvalue weighted by atomic mass is 16.5. The summed E-state index contributed by atoms with van der Waals surface area (Å²) in [6, 6.07) is 16.7. The fourth-order valence-electron chi connectivity index (χ4n) is 2.71. The minimum atomic E-state index is 0.0785. The number of para-hydroxylation sites is 2. The monoisotopic (exact) mass is 209 g/mol. The molecule has 0 saturated carbocycles. The lowest BCUT2D eigenvalue weighted by Gasteiger charge is -2.09. The Morgan fingerprint density at radius 2 is 1.62 bits per heavy atom. The minimum absolute atomic E-state index is 0.0785. The lowest BCUT2D eigenvalue weighted by molar-refractivity contribution is 0.256. The number of rotatable bonds is 0. The summed E-state index contributed by atoms with van der Waals surface area (Å²) < 4.78 is 5.90. The summed E-state index contributed by atoms with van der Waals surface area (Å²) in [4.78, 5) is 0. The van der Waals surface area contributed by atoms with Crippen LogP contribution in [0.3, 0.4) is 0 Å². The van der Waals surface area contributed by atoms with E-state index in [1.165, 1.54) is 16.8 Å². The van der Waals surface area contributed by atoms with Crippen LogP contribution in [0.5, 0.6) is 5.75 Å². The number of benzene rings is 2. The summed E-state index contributed by atoms with van der Waals surface area (Å²) in [5, 5.41) is 3.42. The fourth-order valence-corrected chi connectivity index (χ4v) is 2.71. The Bertz CT molecular complexity index is 515. The second kappa shape index (κ2) is 2.79. The topological polar surface area (TPSA) is 21.3 Å². The van der Waals surface area contributed by atoms with E-state index in [1.807, 2.05) is 12.1 Å². The van der Waals surface area contributed by atoms with Gasteiger partial charge >= 0.3 is 0 Å². The standard InChI is InChI=1S/C14H11NO/c1-3-7-11-9(5-1)13-10-6-2-4-8-12(10)16-14(13)15-11/h1-8,13-15H. The van der Waals surface area contributed by atoms with E-state index in [-0.39, 0.29) is 6.23 Å². The Balaban J connectivity index is 1.93. The first kappa shape index (κ1) is 8.22. The Hall–Kier alpha value is -1.96. The predicted molar refractivity (Wildman–Crippen MR) is 62.8 cm³/mol. The van der Waals surface area contributed by atoms with Crippen molar-refractivity contribution in [2.24, 2.45) is 0 Å². The molecule has 78 valence electrons. The van der Waals surface area contributed by atoms with Gasteiger partial charge in [-0.3, -0.25) is 0 Å². The summed E-state index contributed by atoms with van der Waals surface area (Å²) in [5.74, 6) is 1.37. The molecule has 0 fully saturated rings. The van der Waals surface area contributed by atoms with Crippen LogP contribution in [0.15, 0.2) is 48.5 Å². The van der Waals surface area contributed by atoms with Gasteiger partial charge in [0.2, 0.25) is 0 Å². The van der Waals surface area contributed by atoms with Crippen LogP contribution in [0.25, 0.3) is 0 Å². The van der Waals surface area contributed by atoms with Gasteiger partial charge in [-0.25, -0.2) is 0 Å². The van der Waals surface area contributed by atoms with Gasteiger partial charge in [0.25, 0.3) is 0 Å². The van der Waals surface area contributed by atoms with Crippen LogP contribution in [0, 0.1) is 0 Å². The molecule has 0 aliphatic carbocycles. The molecule has 2 heterocycles. The number of hydrogen-bond donors (Lipinski definition) is 1. The fraction of sp³-hybridized carbons (Fsp3) is 0.143. The molecule has 2 aliphatic rings. The highest BCUT2D eigenvalue weighted by molar-refractivity contribution is 5.65. The van der Waals surface area contributed by atoms with Gasteiger partial charge in [0.15, 0.2) is 6.23 Å². The zero-order chi connectivity index (χ0) is 10.5. The smallest absolute Gasteiger partial charge is 0.181 e. The SMILES string of the molecule is c1ccc2c(c1)NC1Oc3ccccc3C21. The Labute approximate surface area is 93.9 Å². The zero-order valence-electron chi connectivity index (χ0n) is 8.68. The molecule has 1 N–H and O–H groups in total. The van der Waals surface area contributed by atoms with Crippen molar-refractivity contribution in [1.82, 2.24) is 0 Å². The van der Waals surface area contributed by atoms with Crippen LogP contribution in [0.2, 0.25) is 0 Å². The third-order valence-corrected chi connectivity index (χ3v) is 3.40. The van der Waals surface area contributed by atoms with Gasteiger partial charge in [-0.1, -0.05) is 36.4 Å². The van der Waals surface area contributed by atoms with Crippen LogP contribution >= 0.6 is 0 Å². The van der Waals surface area contributed by atoms with Crippen molar-refractivity contribution in [3.63, 3.8) is 0 Å². The van der Waals surface area contributed by atoms with E-state index in [0.717, 1.165) is 5.75 Å². The van der Waals surface area contributed by atoms with Crippen molar-refractivity contribution in [3.05, 3.63) is 59.7 Å². The van der Waals surface area contributed by atoms with Crippen LogP contribution < -0.4 is 10.1 Å². The van der Waals surface area contributed by atoms with Gasteiger partial charge in [-0.15, -0.1) is 0 Å². The molecular weight excluding hydrogens is 198 g/mol. The van der Waals surface area contributed by atoms with Crippen LogP contribution in [0.1, 0.15) is 17.0 Å². The molecule has 0 spiro atoms.